The van der Waals surface area contributed by atoms with Crippen molar-refractivity contribution in [3.8, 4) is 0 Å². The average Bonchev–Trinajstić information content (AvgIpc) is 3.00. The maximum absolute atomic E-state index is 5.62. The van der Waals surface area contributed by atoms with Crippen LogP contribution in [-0.2, 0) is 47.4 Å². The van der Waals surface area contributed by atoms with Gasteiger partial charge in [0.25, 0.3) is 0 Å². The molecule has 43 heavy (non-hydrogen) atoms. The first-order chi connectivity index (χ1) is 21.3. The number of rotatable bonds is 39. The number of hydrogen-bond acceptors (Lipinski definition) is 11. The Kier molecular flexibility index (Phi) is 39.2. The SMILES string of the molecule is CCCCCCCCCCOCCOCCOCCOCCOCCOCCOCCOCCOCCOCCN(C)C. The summed E-state index contributed by atoms with van der Waals surface area (Å²) in [6.07, 6.45) is 10.6. The van der Waals surface area contributed by atoms with Crippen LogP contribution in [-0.4, -0.2) is 158 Å². The molecule has 0 fully saturated rings. The fraction of sp³-hybridized carbons (Fsp3) is 1.00. The fourth-order valence-electron chi connectivity index (χ4n) is 3.67. The van der Waals surface area contributed by atoms with E-state index in [1.807, 2.05) is 14.1 Å². The fourth-order valence-corrected chi connectivity index (χ4v) is 3.67. The topological polar surface area (TPSA) is 95.5 Å². The Morgan fingerprint density at radius 3 is 0.791 bits per heavy atom. The summed E-state index contributed by atoms with van der Waals surface area (Å²) in [7, 11) is 4.05. The van der Waals surface area contributed by atoms with E-state index in [9.17, 15) is 0 Å². The van der Waals surface area contributed by atoms with Gasteiger partial charge in [-0.15, -0.1) is 0 Å². The third kappa shape index (κ3) is 41.6. The van der Waals surface area contributed by atoms with Crippen LogP contribution in [0, 0.1) is 0 Å². The van der Waals surface area contributed by atoms with E-state index in [1.165, 1.54) is 44.9 Å². The zero-order valence-corrected chi connectivity index (χ0v) is 28.0. The van der Waals surface area contributed by atoms with Crippen molar-refractivity contribution >= 4 is 0 Å². The second kappa shape index (κ2) is 39.6. The van der Waals surface area contributed by atoms with Crippen molar-refractivity contribution in [2.75, 3.05) is 153 Å². The minimum Gasteiger partial charge on any atom is -0.379 e. The monoisotopic (exact) mass is 625 g/mol. The number of ether oxygens (including phenoxy) is 10. The lowest BCUT2D eigenvalue weighted by atomic mass is 10.1. The average molecular weight is 626 g/mol. The molecule has 0 spiro atoms. The smallest absolute Gasteiger partial charge is 0.0701 e. The first-order valence-corrected chi connectivity index (χ1v) is 16.7. The summed E-state index contributed by atoms with van der Waals surface area (Å²) in [5.74, 6) is 0. The molecule has 0 bridgehead atoms. The van der Waals surface area contributed by atoms with Crippen LogP contribution in [0.15, 0.2) is 0 Å². The van der Waals surface area contributed by atoms with Crippen molar-refractivity contribution in [1.29, 1.82) is 0 Å². The minimum absolute atomic E-state index is 0.531. The van der Waals surface area contributed by atoms with Crippen LogP contribution >= 0.6 is 0 Å². The van der Waals surface area contributed by atoms with Gasteiger partial charge in [0.2, 0.25) is 0 Å². The van der Waals surface area contributed by atoms with Crippen LogP contribution in [0.5, 0.6) is 0 Å². The molecule has 0 aromatic carbocycles. The van der Waals surface area contributed by atoms with Crippen LogP contribution in [0.1, 0.15) is 58.3 Å². The molecule has 0 radical (unpaired) electrons. The van der Waals surface area contributed by atoms with E-state index >= 15 is 0 Å². The molecule has 0 saturated heterocycles. The van der Waals surface area contributed by atoms with Gasteiger partial charge in [-0.25, -0.2) is 0 Å². The van der Waals surface area contributed by atoms with Gasteiger partial charge in [0.05, 0.1) is 126 Å². The summed E-state index contributed by atoms with van der Waals surface area (Å²) in [6, 6.07) is 0. The Morgan fingerprint density at radius 1 is 0.279 bits per heavy atom. The molecule has 0 aromatic heterocycles. The largest absolute Gasteiger partial charge is 0.379 e. The van der Waals surface area contributed by atoms with E-state index < -0.39 is 0 Å². The molecular formula is C32H67NO10. The Balaban J connectivity index is 3.03. The Hall–Kier alpha value is -0.440. The van der Waals surface area contributed by atoms with Crippen molar-refractivity contribution in [3.05, 3.63) is 0 Å². The molecule has 0 N–H and O–H groups in total. The highest BCUT2D eigenvalue weighted by molar-refractivity contribution is 4.46. The third-order valence-electron chi connectivity index (χ3n) is 6.17. The minimum atomic E-state index is 0.531. The predicted octanol–water partition coefficient (Wildman–Crippen LogP) is 3.85. The lowest BCUT2D eigenvalue weighted by molar-refractivity contribution is -0.0265. The van der Waals surface area contributed by atoms with Gasteiger partial charge in [-0.2, -0.15) is 0 Å². The lowest BCUT2D eigenvalue weighted by Crippen LogP contribution is -2.19. The van der Waals surface area contributed by atoms with Crippen molar-refractivity contribution in [1.82, 2.24) is 4.90 Å². The predicted molar refractivity (Wildman–Crippen MR) is 169 cm³/mol. The molecule has 11 nitrogen and oxygen atoms in total. The maximum Gasteiger partial charge on any atom is 0.0701 e. The van der Waals surface area contributed by atoms with Crippen molar-refractivity contribution in [3.63, 3.8) is 0 Å². The molecule has 0 heterocycles. The molecular weight excluding hydrogens is 558 g/mol. The summed E-state index contributed by atoms with van der Waals surface area (Å²) in [4.78, 5) is 2.09. The highest BCUT2D eigenvalue weighted by atomic mass is 16.6. The first kappa shape index (κ1) is 42.6. The zero-order chi connectivity index (χ0) is 31.2. The zero-order valence-electron chi connectivity index (χ0n) is 28.0. The van der Waals surface area contributed by atoms with Gasteiger partial charge < -0.3 is 52.3 Å². The highest BCUT2D eigenvalue weighted by Crippen LogP contribution is 2.08. The summed E-state index contributed by atoms with van der Waals surface area (Å²) < 4.78 is 55.0. The molecule has 0 aliphatic heterocycles. The van der Waals surface area contributed by atoms with E-state index in [0.29, 0.717) is 119 Å². The number of likely N-dealkylation sites (N-methyl/N-ethyl adjacent to an activating group) is 1. The maximum atomic E-state index is 5.62. The van der Waals surface area contributed by atoms with Crippen LogP contribution < -0.4 is 0 Å². The summed E-state index contributed by atoms with van der Waals surface area (Å²) in [6.45, 7) is 14.8. The first-order valence-electron chi connectivity index (χ1n) is 16.7. The van der Waals surface area contributed by atoms with E-state index in [4.69, 9.17) is 47.4 Å². The van der Waals surface area contributed by atoms with Crippen molar-refractivity contribution in [2.45, 2.75) is 58.3 Å². The van der Waals surface area contributed by atoms with Gasteiger partial charge in [-0.05, 0) is 20.5 Å². The molecule has 0 amide bonds. The van der Waals surface area contributed by atoms with Gasteiger partial charge in [-0.3, -0.25) is 0 Å². The van der Waals surface area contributed by atoms with Gasteiger partial charge in [0.1, 0.15) is 0 Å². The van der Waals surface area contributed by atoms with Crippen molar-refractivity contribution in [2.24, 2.45) is 0 Å². The molecule has 0 aliphatic rings. The number of hydrogen-bond donors (Lipinski definition) is 0. The van der Waals surface area contributed by atoms with Gasteiger partial charge in [-0.1, -0.05) is 51.9 Å². The molecule has 0 rings (SSSR count). The van der Waals surface area contributed by atoms with E-state index in [1.54, 1.807) is 0 Å². The summed E-state index contributed by atoms with van der Waals surface area (Å²) in [5, 5.41) is 0. The van der Waals surface area contributed by atoms with E-state index in [-0.39, 0.29) is 0 Å². The van der Waals surface area contributed by atoms with E-state index in [0.717, 1.165) is 26.2 Å². The Bertz CT molecular complexity index is 491. The number of unbranched alkanes of at least 4 members (excludes halogenated alkanes) is 7. The highest BCUT2D eigenvalue weighted by Gasteiger charge is 1.97. The van der Waals surface area contributed by atoms with Gasteiger partial charge >= 0.3 is 0 Å². The van der Waals surface area contributed by atoms with E-state index in [2.05, 4.69) is 11.8 Å². The molecule has 0 aliphatic carbocycles. The molecule has 260 valence electrons. The summed E-state index contributed by atoms with van der Waals surface area (Å²) >= 11 is 0. The summed E-state index contributed by atoms with van der Waals surface area (Å²) in [5.41, 5.74) is 0. The molecule has 0 aromatic rings. The van der Waals surface area contributed by atoms with Crippen LogP contribution in [0.4, 0.5) is 0 Å². The Morgan fingerprint density at radius 2 is 0.512 bits per heavy atom. The molecule has 11 heteroatoms. The van der Waals surface area contributed by atoms with Crippen molar-refractivity contribution < 1.29 is 47.4 Å². The van der Waals surface area contributed by atoms with Gasteiger partial charge in [0, 0.05) is 13.2 Å². The third-order valence-corrected chi connectivity index (χ3v) is 6.17. The lowest BCUT2D eigenvalue weighted by Gasteiger charge is -2.10. The van der Waals surface area contributed by atoms with Gasteiger partial charge in [0.15, 0.2) is 0 Å². The normalized spacial score (nSPS) is 11.7. The van der Waals surface area contributed by atoms with Crippen LogP contribution in [0.25, 0.3) is 0 Å². The van der Waals surface area contributed by atoms with Crippen LogP contribution in [0.2, 0.25) is 0 Å². The quantitative estimate of drug-likeness (QED) is 0.0933. The molecule has 0 unspecified atom stereocenters. The number of nitrogens with zero attached hydrogens (tertiary/aromatic N) is 1. The standard InChI is InChI=1S/C32H67NO10/c1-4-5-6-7-8-9-10-11-13-34-15-17-36-19-21-38-23-25-40-27-29-42-31-32-43-30-28-41-26-24-39-22-20-37-18-16-35-14-12-33(2)3/h4-32H2,1-3H3. The second-order valence-corrected chi connectivity index (χ2v) is 10.4. The molecule has 0 saturated carbocycles. The Labute approximate surface area is 263 Å². The molecule has 0 atom stereocenters. The second-order valence-electron chi connectivity index (χ2n) is 10.4. The van der Waals surface area contributed by atoms with Crippen LogP contribution in [0.3, 0.4) is 0 Å².